The quantitative estimate of drug-likeness (QED) is 0.418. The van der Waals surface area contributed by atoms with Crippen LogP contribution in [0.5, 0.6) is 0 Å². The standard InChI is InChI=1S/C7H7ClS/c8-5-6-3-1-2-4-7(6)9/h1-3H,4-5H2. The number of hydrogen-bond acceptors (Lipinski definition) is 1. The predicted octanol–water partition coefficient (Wildman–Crippen LogP) is 2.48. The Morgan fingerprint density at radius 1 is 1.67 bits per heavy atom. The van der Waals surface area contributed by atoms with Crippen LogP contribution in [0.2, 0.25) is 0 Å². The van der Waals surface area contributed by atoms with Crippen LogP contribution in [-0.2, 0) is 0 Å². The van der Waals surface area contributed by atoms with E-state index in [4.69, 9.17) is 23.8 Å². The van der Waals surface area contributed by atoms with Crippen molar-refractivity contribution in [2.75, 3.05) is 5.88 Å². The SMILES string of the molecule is S=C1CC=CC=C1CCl. The van der Waals surface area contributed by atoms with Crippen molar-refractivity contribution in [1.82, 2.24) is 0 Å². The number of thiocarbonyl (C=S) groups is 1. The fourth-order valence-corrected chi connectivity index (χ4v) is 1.27. The van der Waals surface area contributed by atoms with Gasteiger partial charge in [-0.05, 0) is 5.57 Å². The van der Waals surface area contributed by atoms with E-state index >= 15 is 0 Å². The average Bonchev–Trinajstić information content (AvgIpc) is 1.89. The Morgan fingerprint density at radius 3 is 2.89 bits per heavy atom. The van der Waals surface area contributed by atoms with E-state index in [2.05, 4.69) is 0 Å². The van der Waals surface area contributed by atoms with Crippen molar-refractivity contribution in [3.8, 4) is 0 Å². The summed E-state index contributed by atoms with van der Waals surface area (Å²) in [5.41, 5.74) is 1.09. The minimum Gasteiger partial charge on any atom is -0.122 e. The topological polar surface area (TPSA) is 0 Å². The number of allylic oxidation sites excluding steroid dienone is 4. The molecule has 0 saturated heterocycles. The molecule has 0 heterocycles. The molecule has 0 spiro atoms. The molecule has 0 bridgehead atoms. The Balaban J connectivity index is 2.74. The summed E-state index contributed by atoms with van der Waals surface area (Å²) in [6, 6.07) is 0. The first kappa shape index (κ1) is 6.97. The maximum atomic E-state index is 5.59. The Morgan fingerprint density at radius 2 is 2.44 bits per heavy atom. The number of alkyl halides is 1. The molecule has 0 unspecified atom stereocenters. The van der Waals surface area contributed by atoms with Crippen molar-refractivity contribution in [2.24, 2.45) is 0 Å². The first-order chi connectivity index (χ1) is 4.34. The zero-order valence-electron chi connectivity index (χ0n) is 4.93. The molecule has 0 aromatic heterocycles. The highest BCUT2D eigenvalue weighted by molar-refractivity contribution is 7.80. The van der Waals surface area contributed by atoms with Crippen LogP contribution >= 0.6 is 23.8 Å². The second-order valence-corrected chi connectivity index (χ2v) is 2.64. The number of halogens is 1. The molecule has 0 N–H and O–H groups in total. The van der Waals surface area contributed by atoms with Crippen molar-refractivity contribution in [2.45, 2.75) is 6.42 Å². The van der Waals surface area contributed by atoms with Gasteiger partial charge in [0.05, 0.1) is 0 Å². The molecule has 0 fully saturated rings. The van der Waals surface area contributed by atoms with Gasteiger partial charge in [0, 0.05) is 17.2 Å². The maximum absolute atomic E-state index is 5.59. The van der Waals surface area contributed by atoms with Gasteiger partial charge in [-0.2, -0.15) is 0 Å². The molecule has 0 nitrogen and oxygen atoms in total. The molecule has 48 valence electrons. The van der Waals surface area contributed by atoms with E-state index in [0.29, 0.717) is 5.88 Å². The summed E-state index contributed by atoms with van der Waals surface area (Å²) in [5, 5.41) is 0. The molecule has 0 atom stereocenters. The van der Waals surface area contributed by atoms with Gasteiger partial charge in [-0.3, -0.25) is 0 Å². The number of rotatable bonds is 1. The molecule has 1 aliphatic carbocycles. The van der Waals surface area contributed by atoms with Gasteiger partial charge < -0.3 is 0 Å². The molecule has 9 heavy (non-hydrogen) atoms. The summed E-state index contributed by atoms with van der Waals surface area (Å²) >= 11 is 10.6. The summed E-state index contributed by atoms with van der Waals surface area (Å²) in [6.07, 6.45) is 6.89. The Hall–Kier alpha value is -0.140. The maximum Gasteiger partial charge on any atom is 0.0485 e. The van der Waals surface area contributed by atoms with Crippen LogP contribution in [0.15, 0.2) is 23.8 Å². The molecule has 0 saturated carbocycles. The second kappa shape index (κ2) is 3.14. The lowest BCUT2D eigenvalue weighted by Crippen LogP contribution is -2.01. The van der Waals surface area contributed by atoms with Gasteiger partial charge in [-0.15, -0.1) is 11.6 Å². The predicted molar refractivity (Wildman–Crippen MR) is 45.2 cm³/mol. The summed E-state index contributed by atoms with van der Waals surface area (Å²) in [6.45, 7) is 0. The zero-order valence-corrected chi connectivity index (χ0v) is 6.50. The van der Waals surface area contributed by atoms with E-state index in [1.54, 1.807) is 0 Å². The van der Waals surface area contributed by atoms with Crippen LogP contribution in [0.25, 0.3) is 0 Å². The van der Waals surface area contributed by atoms with E-state index in [0.717, 1.165) is 16.9 Å². The van der Waals surface area contributed by atoms with Crippen LogP contribution in [0.1, 0.15) is 6.42 Å². The van der Waals surface area contributed by atoms with Crippen LogP contribution in [0, 0.1) is 0 Å². The molecular formula is C7H7ClS. The largest absolute Gasteiger partial charge is 0.122 e. The highest BCUT2D eigenvalue weighted by Crippen LogP contribution is 2.10. The lowest BCUT2D eigenvalue weighted by molar-refractivity contribution is 1.42. The van der Waals surface area contributed by atoms with E-state index in [-0.39, 0.29) is 0 Å². The van der Waals surface area contributed by atoms with Crippen molar-refractivity contribution in [3.63, 3.8) is 0 Å². The van der Waals surface area contributed by atoms with Gasteiger partial charge in [0.25, 0.3) is 0 Å². The monoisotopic (exact) mass is 158 g/mol. The van der Waals surface area contributed by atoms with Crippen LogP contribution in [0.3, 0.4) is 0 Å². The minimum atomic E-state index is 0.545. The van der Waals surface area contributed by atoms with Crippen LogP contribution in [-0.4, -0.2) is 10.7 Å². The van der Waals surface area contributed by atoms with E-state index in [9.17, 15) is 0 Å². The fourth-order valence-electron chi connectivity index (χ4n) is 0.702. The molecule has 0 aromatic carbocycles. The molecule has 0 radical (unpaired) electrons. The van der Waals surface area contributed by atoms with Gasteiger partial charge >= 0.3 is 0 Å². The summed E-state index contributed by atoms with van der Waals surface area (Å²) in [4.78, 5) is 0.979. The van der Waals surface area contributed by atoms with Gasteiger partial charge in [0.15, 0.2) is 0 Å². The van der Waals surface area contributed by atoms with Crippen molar-refractivity contribution < 1.29 is 0 Å². The average molecular weight is 159 g/mol. The highest BCUT2D eigenvalue weighted by Gasteiger charge is 2.02. The Kier molecular flexibility index (Phi) is 2.43. The second-order valence-electron chi connectivity index (χ2n) is 1.88. The first-order valence-corrected chi connectivity index (χ1v) is 3.73. The van der Waals surface area contributed by atoms with Gasteiger partial charge in [-0.25, -0.2) is 0 Å². The van der Waals surface area contributed by atoms with Crippen LogP contribution in [0.4, 0.5) is 0 Å². The van der Waals surface area contributed by atoms with E-state index < -0.39 is 0 Å². The number of hydrogen-bond donors (Lipinski definition) is 0. The van der Waals surface area contributed by atoms with Gasteiger partial charge in [0.1, 0.15) is 0 Å². The lowest BCUT2D eigenvalue weighted by atomic mass is 10.1. The fraction of sp³-hybridized carbons (Fsp3) is 0.286. The third-order valence-corrected chi connectivity index (χ3v) is 1.96. The molecule has 1 aliphatic rings. The third-order valence-electron chi connectivity index (χ3n) is 1.24. The molecule has 1 rings (SSSR count). The zero-order chi connectivity index (χ0) is 6.69. The summed E-state index contributed by atoms with van der Waals surface area (Å²) in [7, 11) is 0. The van der Waals surface area contributed by atoms with E-state index in [1.807, 2.05) is 18.2 Å². The first-order valence-electron chi connectivity index (χ1n) is 2.79. The molecule has 2 heteroatoms. The van der Waals surface area contributed by atoms with Crippen LogP contribution < -0.4 is 0 Å². The van der Waals surface area contributed by atoms with Crippen molar-refractivity contribution in [1.29, 1.82) is 0 Å². The van der Waals surface area contributed by atoms with Crippen molar-refractivity contribution in [3.05, 3.63) is 23.8 Å². The van der Waals surface area contributed by atoms with Crippen molar-refractivity contribution >= 4 is 28.7 Å². The lowest BCUT2D eigenvalue weighted by Gasteiger charge is -2.05. The molecule has 0 aromatic rings. The summed E-state index contributed by atoms with van der Waals surface area (Å²) in [5.74, 6) is 0.545. The van der Waals surface area contributed by atoms with E-state index in [1.165, 1.54) is 0 Å². The molecule has 0 aliphatic heterocycles. The summed E-state index contributed by atoms with van der Waals surface area (Å²) < 4.78 is 0. The smallest absolute Gasteiger partial charge is 0.0485 e. The molecule has 0 amide bonds. The Labute approximate surface area is 65.2 Å². The third kappa shape index (κ3) is 1.63. The minimum absolute atomic E-state index is 0.545. The molecular weight excluding hydrogens is 152 g/mol. The normalized spacial score (nSPS) is 17.9. The highest BCUT2D eigenvalue weighted by atomic mass is 35.5. The van der Waals surface area contributed by atoms with Gasteiger partial charge in [-0.1, -0.05) is 30.4 Å². The van der Waals surface area contributed by atoms with Gasteiger partial charge in [0.2, 0.25) is 0 Å². The Bertz CT molecular complexity index is 179.